The average Bonchev–Trinajstić information content (AvgIpc) is 2.73. The number of hydrogen-bond donors (Lipinski definition) is 3. The van der Waals surface area contributed by atoms with Crippen LogP contribution in [0.3, 0.4) is 0 Å². The number of nitrogens with two attached hydrogens (primary N) is 1. The van der Waals surface area contributed by atoms with Gasteiger partial charge >= 0.3 is 0 Å². The maximum atomic E-state index is 12.6. The molecule has 1 atom stereocenters. The largest absolute Gasteiger partial charge is 0.343 e. The van der Waals surface area contributed by atoms with Gasteiger partial charge in [-0.15, -0.1) is 0 Å². The van der Waals surface area contributed by atoms with Crippen molar-refractivity contribution in [2.75, 3.05) is 32.8 Å². The zero-order valence-corrected chi connectivity index (χ0v) is 17.7. The molecule has 5 heteroatoms. The number of benzene rings is 2. The SMILES string of the molecule is CC(C)C[C@@H](C(=O)NCN)c1cccc(-c2ccc(CN3CCNCC3)cc2)c1. The lowest BCUT2D eigenvalue weighted by atomic mass is 9.88. The molecular weight excluding hydrogens is 360 g/mol. The molecule has 29 heavy (non-hydrogen) atoms. The maximum Gasteiger partial charge on any atom is 0.228 e. The van der Waals surface area contributed by atoms with Crippen LogP contribution in [-0.4, -0.2) is 43.7 Å². The van der Waals surface area contributed by atoms with E-state index in [9.17, 15) is 4.79 Å². The lowest BCUT2D eigenvalue weighted by Crippen LogP contribution is -2.42. The van der Waals surface area contributed by atoms with Gasteiger partial charge in [0.15, 0.2) is 0 Å². The Kier molecular flexibility index (Phi) is 7.81. The van der Waals surface area contributed by atoms with Gasteiger partial charge in [0, 0.05) is 32.7 Å². The third-order valence-corrected chi connectivity index (χ3v) is 5.49. The van der Waals surface area contributed by atoms with Gasteiger partial charge in [-0.3, -0.25) is 9.69 Å². The fourth-order valence-corrected chi connectivity index (χ4v) is 3.95. The van der Waals surface area contributed by atoms with Crippen molar-refractivity contribution in [3.8, 4) is 11.1 Å². The average molecular weight is 395 g/mol. The topological polar surface area (TPSA) is 70.4 Å². The van der Waals surface area contributed by atoms with Crippen molar-refractivity contribution in [1.29, 1.82) is 0 Å². The molecule has 1 saturated heterocycles. The summed E-state index contributed by atoms with van der Waals surface area (Å²) in [4.78, 5) is 15.0. The molecule has 1 fully saturated rings. The Bertz CT molecular complexity index is 782. The van der Waals surface area contributed by atoms with Crippen LogP contribution in [0.1, 0.15) is 37.3 Å². The molecule has 2 aromatic rings. The van der Waals surface area contributed by atoms with Crippen LogP contribution in [0, 0.1) is 5.92 Å². The van der Waals surface area contributed by atoms with E-state index < -0.39 is 0 Å². The van der Waals surface area contributed by atoms with Crippen molar-refractivity contribution in [3.63, 3.8) is 0 Å². The number of rotatable bonds is 8. The number of amides is 1. The Balaban J connectivity index is 1.76. The summed E-state index contributed by atoms with van der Waals surface area (Å²) in [6.07, 6.45) is 0.804. The van der Waals surface area contributed by atoms with Gasteiger partial charge in [0.2, 0.25) is 5.91 Å². The molecule has 156 valence electrons. The highest BCUT2D eigenvalue weighted by Crippen LogP contribution is 2.29. The predicted molar refractivity (Wildman–Crippen MR) is 119 cm³/mol. The molecule has 0 radical (unpaired) electrons. The minimum atomic E-state index is -0.175. The molecule has 0 aromatic heterocycles. The van der Waals surface area contributed by atoms with Crippen LogP contribution in [-0.2, 0) is 11.3 Å². The Hall–Kier alpha value is -2.21. The standard InChI is InChI=1S/C24H34N4O/c1-18(2)14-23(24(29)27-17-25)22-5-3-4-21(15-22)20-8-6-19(7-9-20)16-28-12-10-26-11-13-28/h3-9,15,18,23,26H,10-14,16-17,25H2,1-2H3,(H,27,29)/t23-/m1/s1. The van der Waals surface area contributed by atoms with E-state index in [1.165, 1.54) is 11.1 Å². The molecule has 1 heterocycles. The zero-order valence-electron chi connectivity index (χ0n) is 17.7. The Labute approximate surface area is 174 Å². The molecule has 0 unspecified atom stereocenters. The molecule has 0 saturated carbocycles. The van der Waals surface area contributed by atoms with E-state index in [-0.39, 0.29) is 18.5 Å². The van der Waals surface area contributed by atoms with Crippen molar-refractivity contribution >= 4 is 5.91 Å². The van der Waals surface area contributed by atoms with Crippen molar-refractivity contribution in [1.82, 2.24) is 15.5 Å². The fourth-order valence-electron chi connectivity index (χ4n) is 3.95. The quantitative estimate of drug-likeness (QED) is 0.602. The van der Waals surface area contributed by atoms with Gasteiger partial charge in [-0.1, -0.05) is 62.4 Å². The van der Waals surface area contributed by atoms with Gasteiger partial charge in [-0.2, -0.15) is 0 Å². The van der Waals surface area contributed by atoms with Crippen molar-refractivity contribution in [2.24, 2.45) is 11.7 Å². The second-order valence-electron chi connectivity index (χ2n) is 8.28. The van der Waals surface area contributed by atoms with Crippen LogP contribution in [0.25, 0.3) is 11.1 Å². The van der Waals surface area contributed by atoms with Crippen LogP contribution in [0.2, 0.25) is 0 Å². The number of hydrogen-bond acceptors (Lipinski definition) is 4. The minimum absolute atomic E-state index is 0.00437. The van der Waals surface area contributed by atoms with Crippen molar-refractivity contribution in [2.45, 2.75) is 32.7 Å². The molecule has 5 nitrogen and oxygen atoms in total. The fraction of sp³-hybridized carbons (Fsp3) is 0.458. The van der Waals surface area contributed by atoms with Gasteiger partial charge in [-0.05, 0) is 34.6 Å². The number of carbonyl (C=O) groups excluding carboxylic acids is 1. The van der Waals surface area contributed by atoms with Gasteiger partial charge < -0.3 is 16.4 Å². The molecule has 0 bridgehead atoms. The monoisotopic (exact) mass is 394 g/mol. The molecule has 1 aliphatic heterocycles. The Morgan fingerprint density at radius 2 is 1.83 bits per heavy atom. The van der Waals surface area contributed by atoms with E-state index in [2.05, 4.69) is 65.8 Å². The van der Waals surface area contributed by atoms with Crippen LogP contribution in [0.4, 0.5) is 0 Å². The normalized spacial score (nSPS) is 16.0. The van der Waals surface area contributed by atoms with Gasteiger partial charge in [0.1, 0.15) is 0 Å². The van der Waals surface area contributed by atoms with Gasteiger partial charge in [0.25, 0.3) is 0 Å². The highest BCUT2D eigenvalue weighted by Gasteiger charge is 2.21. The highest BCUT2D eigenvalue weighted by atomic mass is 16.1. The second kappa shape index (κ2) is 10.5. The third kappa shape index (κ3) is 6.13. The first-order valence-corrected chi connectivity index (χ1v) is 10.7. The van der Waals surface area contributed by atoms with E-state index >= 15 is 0 Å². The first-order chi connectivity index (χ1) is 14.1. The predicted octanol–water partition coefficient (Wildman–Crippen LogP) is 2.92. The smallest absolute Gasteiger partial charge is 0.228 e. The summed E-state index contributed by atoms with van der Waals surface area (Å²) in [5.41, 5.74) is 10.3. The van der Waals surface area contributed by atoms with Gasteiger partial charge in [-0.25, -0.2) is 0 Å². The molecule has 3 rings (SSSR count). The van der Waals surface area contributed by atoms with Crippen molar-refractivity contribution in [3.05, 3.63) is 59.7 Å². The van der Waals surface area contributed by atoms with Crippen LogP contribution >= 0.6 is 0 Å². The molecule has 0 spiro atoms. The number of nitrogens with zero attached hydrogens (tertiary/aromatic N) is 1. The number of piperazine rings is 1. The summed E-state index contributed by atoms with van der Waals surface area (Å²) in [5, 5.41) is 6.18. The molecule has 1 amide bonds. The van der Waals surface area contributed by atoms with E-state index in [4.69, 9.17) is 5.73 Å². The summed E-state index contributed by atoms with van der Waals surface area (Å²) in [5.74, 6) is 0.256. The second-order valence-corrected chi connectivity index (χ2v) is 8.28. The van der Waals surface area contributed by atoms with Crippen molar-refractivity contribution < 1.29 is 4.79 Å². The lowest BCUT2D eigenvalue weighted by Gasteiger charge is -2.27. The molecular formula is C24H34N4O. The van der Waals surface area contributed by atoms with Gasteiger partial charge in [0.05, 0.1) is 12.6 Å². The molecule has 1 aliphatic rings. The van der Waals surface area contributed by atoms with Crippen LogP contribution in [0.5, 0.6) is 0 Å². The highest BCUT2D eigenvalue weighted by molar-refractivity contribution is 5.84. The molecule has 0 aliphatic carbocycles. The van der Waals surface area contributed by atoms with E-state index in [1.54, 1.807) is 0 Å². The summed E-state index contributed by atoms with van der Waals surface area (Å²) in [7, 11) is 0. The number of carbonyl (C=O) groups is 1. The summed E-state index contributed by atoms with van der Waals surface area (Å²) in [6.45, 7) is 9.80. The first-order valence-electron chi connectivity index (χ1n) is 10.7. The minimum Gasteiger partial charge on any atom is -0.343 e. The maximum absolute atomic E-state index is 12.6. The molecule has 2 aromatic carbocycles. The van der Waals surface area contributed by atoms with Crippen LogP contribution < -0.4 is 16.4 Å². The van der Waals surface area contributed by atoms with E-state index in [0.29, 0.717) is 5.92 Å². The zero-order chi connectivity index (χ0) is 20.6. The molecule has 4 N–H and O–H groups in total. The Morgan fingerprint density at radius 1 is 1.10 bits per heavy atom. The summed E-state index contributed by atoms with van der Waals surface area (Å²) < 4.78 is 0. The summed E-state index contributed by atoms with van der Waals surface area (Å²) >= 11 is 0. The lowest BCUT2D eigenvalue weighted by molar-refractivity contribution is -0.122. The first kappa shape index (κ1) is 21.5. The van der Waals surface area contributed by atoms with Crippen LogP contribution in [0.15, 0.2) is 48.5 Å². The third-order valence-electron chi connectivity index (χ3n) is 5.49. The summed E-state index contributed by atoms with van der Waals surface area (Å²) in [6, 6.07) is 17.2. The number of nitrogens with one attached hydrogen (secondary N) is 2. The van der Waals surface area contributed by atoms with E-state index in [0.717, 1.165) is 50.3 Å². The Morgan fingerprint density at radius 3 is 2.48 bits per heavy atom. The van der Waals surface area contributed by atoms with E-state index in [1.807, 2.05) is 12.1 Å².